The third-order valence-electron chi connectivity index (χ3n) is 5.44. The van der Waals surface area contributed by atoms with E-state index in [0.29, 0.717) is 21.8 Å². The Morgan fingerprint density at radius 2 is 1.50 bits per heavy atom. The largest absolute Gasteiger partial charge is 0.323 e. The van der Waals surface area contributed by atoms with Crippen molar-refractivity contribution in [2.24, 2.45) is 0 Å². The van der Waals surface area contributed by atoms with Crippen LogP contribution in [0, 0.1) is 5.82 Å². The third-order valence-corrected chi connectivity index (χ3v) is 7.29. The Morgan fingerprint density at radius 3 is 2.23 bits per heavy atom. The van der Waals surface area contributed by atoms with E-state index in [1.54, 1.807) is 84.9 Å². The van der Waals surface area contributed by atoms with Crippen molar-refractivity contribution < 1.29 is 18.8 Å². The minimum absolute atomic E-state index is 0.0405. The fourth-order valence-corrected chi connectivity index (χ4v) is 4.52. The van der Waals surface area contributed by atoms with Gasteiger partial charge in [-0.3, -0.25) is 14.4 Å². The van der Waals surface area contributed by atoms with Crippen LogP contribution in [-0.2, 0) is 9.59 Å². The zero-order valence-corrected chi connectivity index (χ0v) is 23.1. The molecule has 0 bridgehead atoms. The molecule has 4 aromatic rings. The van der Waals surface area contributed by atoms with Crippen LogP contribution in [-0.4, -0.2) is 23.5 Å². The van der Waals surface area contributed by atoms with Crippen molar-refractivity contribution in [1.29, 1.82) is 0 Å². The van der Waals surface area contributed by atoms with Gasteiger partial charge in [0.1, 0.15) is 11.5 Å². The number of thioether (sulfide) groups is 1. The normalized spacial score (nSPS) is 11.0. The van der Waals surface area contributed by atoms with E-state index in [-0.39, 0.29) is 28.1 Å². The van der Waals surface area contributed by atoms with Gasteiger partial charge in [0.05, 0.1) is 21.5 Å². The molecule has 0 spiro atoms. The van der Waals surface area contributed by atoms with Crippen molar-refractivity contribution in [2.75, 3.05) is 16.4 Å². The first-order valence-corrected chi connectivity index (χ1v) is 13.6. The van der Waals surface area contributed by atoms with Crippen molar-refractivity contribution >= 4 is 70.1 Å². The fourth-order valence-electron chi connectivity index (χ4n) is 3.46. The van der Waals surface area contributed by atoms with E-state index in [1.807, 2.05) is 0 Å². The third kappa shape index (κ3) is 7.95. The summed E-state index contributed by atoms with van der Waals surface area (Å²) in [5.74, 6) is -1.84. The van der Waals surface area contributed by atoms with Crippen LogP contribution >= 0.6 is 35.0 Å². The number of anilines is 2. The molecule has 0 aromatic heterocycles. The molecule has 6 nitrogen and oxygen atoms in total. The van der Waals surface area contributed by atoms with Crippen LogP contribution in [0.4, 0.5) is 15.8 Å². The summed E-state index contributed by atoms with van der Waals surface area (Å²) in [6.45, 7) is 0. The molecule has 40 heavy (non-hydrogen) atoms. The summed E-state index contributed by atoms with van der Waals surface area (Å²) < 4.78 is 13.7. The molecule has 0 fully saturated rings. The Balaban J connectivity index is 1.44. The molecule has 0 saturated heterocycles. The number of benzene rings is 4. The monoisotopic (exact) mass is 593 g/mol. The number of amides is 3. The molecule has 3 amide bonds. The number of nitrogens with one attached hydrogen (secondary N) is 3. The SMILES string of the molecule is O=C(CSc1ccc(NC(=O)/C(=C/c2cccc(Cl)c2Cl)NC(=O)c2ccccc2)cc1)Nc1ccccc1F. The zero-order valence-electron chi connectivity index (χ0n) is 20.8. The summed E-state index contributed by atoms with van der Waals surface area (Å²) in [6, 6.07) is 26.2. The topological polar surface area (TPSA) is 87.3 Å². The van der Waals surface area contributed by atoms with Gasteiger partial charge in [-0.25, -0.2) is 4.39 Å². The van der Waals surface area contributed by atoms with Gasteiger partial charge in [-0.1, -0.05) is 65.7 Å². The number of hydrogen-bond donors (Lipinski definition) is 3. The molecule has 0 aliphatic carbocycles. The quantitative estimate of drug-likeness (QED) is 0.141. The number of carbonyl (C=O) groups excluding carboxylic acids is 3. The maximum atomic E-state index is 13.7. The van der Waals surface area contributed by atoms with E-state index in [4.69, 9.17) is 23.2 Å². The van der Waals surface area contributed by atoms with E-state index in [1.165, 1.54) is 30.0 Å². The second kappa shape index (κ2) is 13.8. The summed E-state index contributed by atoms with van der Waals surface area (Å²) in [7, 11) is 0. The van der Waals surface area contributed by atoms with Gasteiger partial charge in [0.15, 0.2) is 0 Å². The Morgan fingerprint density at radius 1 is 0.800 bits per heavy atom. The van der Waals surface area contributed by atoms with Crippen LogP contribution in [0.2, 0.25) is 10.0 Å². The number of para-hydroxylation sites is 1. The highest BCUT2D eigenvalue weighted by molar-refractivity contribution is 8.00. The summed E-state index contributed by atoms with van der Waals surface area (Å²) >= 11 is 13.7. The zero-order chi connectivity index (χ0) is 28.5. The maximum Gasteiger partial charge on any atom is 0.272 e. The molecule has 202 valence electrons. The van der Waals surface area contributed by atoms with Crippen LogP contribution in [0.5, 0.6) is 0 Å². The Kier molecular flexibility index (Phi) is 9.96. The standard InChI is InChI=1S/C30H22Cl2FN3O3S/c31-23-10-6-9-20(28(23)32)17-26(36-29(38)19-7-2-1-3-8-19)30(39)34-21-13-15-22(16-14-21)40-18-27(37)35-25-12-5-4-11-24(25)33/h1-17H,18H2,(H,34,39)(H,35,37)(H,36,38)/b26-17-. The molecule has 0 heterocycles. The first kappa shape index (κ1) is 28.9. The molecule has 4 aromatic carbocycles. The summed E-state index contributed by atoms with van der Waals surface area (Å²) in [5.41, 5.74) is 1.36. The highest BCUT2D eigenvalue weighted by Crippen LogP contribution is 2.27. The van der Waals surface area contributed by atoms with E-state index < -0.39 is 17.6 Å². The first-order valence-electron chi connectivity index (χ1n) is 11.9. The van der Waals surface area contributed by atoms with Gasteiger partial charge in [0, 0.05) is 16.1 Å². The average Bonchev–Trinajstić information content (AvgIpc) is 2.96. The molecular weight excluding hydrogens is 572 g/mol. The fraction of sp³-hybridized carbons (Fsp3) is 0.0333. The lowest BCUT2D eigenvalue weighted by molar-refractivity contribution is -0.114. The summed E-state index contributed by atoms with van der Waals surface area (Å²) in [5, 5.41) is 8.49. The lowest BCUT2D eigenvalue weighted by Crippen LogP contribution is -2.30. The van der Waals surface area contributed by atoms with Crippen LogP contribution in [0.15, 0.2) is 108 Å². The Labute approximate surface area is 244 Å². The average molecular weight is 594 g/mol. The van der Waals surface area contributed by atoms with E-state index >= 15 is 0 Å². The number of rotatable bonds is 9. The molecule has 0 unspecified atom stereocenters. The van der Waals surface area contributed by atoms with E-state index in [9.17, 15) is 18.8 Å². The highest BCUT2D eigenvalue weighted by atomic mass is 35.5. The second-order valence-electron chi connectivity index (χ2n) is 8.32. The van der Waals surface area contributed by atoms with Crippen LogP contribution < -0.4 is 16.0 Å². The molecule has 0 radical (unpaired) electrons. The lowest BCUT2D eigenvalue weighted by atomic mass is 10.1. The Bertz CT molecular complexity index is 1560. The summed E-state index contributed by atoms with van der Waals surface area (Å²) in [4.78, 5) is 39.0. The van der Waals surface area contributed by atoms with Gasteiger partial charge in [-0.2, -0.15) is 0 Å². The number of hydrogen-bond acceptors (Lipinski definition) is 4. The van der Waals surface area contributed by atoms with Gasteiger partial charge in [-0.05, 0) is 66.2 Å². The minimum Gasteiger partial charge on any atom is -0.323 e. The lowest BCUT2D eigenvalue weighted by Gasteiger charge is -2.12. The predicted molar refractivity (Wildman–Crippen MR) is 159 cm³/mol. The molecule has 0 aliphatic heterocycles. The minimum atomic E-state index is -0.579. The van der Waals surface area contributed by atoms with Crippen molar-refractivity contribution in [3.05, 3.63) is 130 Å². The first-order chi connectivity index (χ1) is 19.3. The predicted octanol–water partition coefficient (Wildman–Crippen LogP) is 7.27. The van der Waals surface area contributed by atoms with Gasteiger partial charge in [0.2, 0.25) is 5.91 Å². The maximum absolute atomic E-state index is 13.7. The molecule has 3 N–H and O–H groups in total. The van der Waals surface area contributed by atoms with Gasteiger partial charge < -0.3 is 16.0 Å². The second-order valence-corrected chi connectivity index (χ2v) is 10.2. The molecular formula is C30H22Cl2FN3O3S. The van der Waals surface area contributed by atoms with Crippen molar-refractivity contribution in [2.45, 2.75) is 4.90 Å². The molecule has 10 heteroatoms. The van der Waals surface area contributed by atoms with Crippen LogP contribution in [0.1, 0.15) is 15.9 Å². The summed E-state index contributed by atoms with van der Waals surface area (Å²) in [6.07, 6.45) is 1.45. The van der Waals surface area contributed by atoms with Gasteiger partial charge in [0.25, 0.3) is 11.8 Å². The number of carbonyl (C=O) groups is 3. The van der Waals surface area contributed by atoms with Gasteiger partial charge in [-0.15, -0.1) is 11.8 Å². The van der Waals surface area contributed by atoms with Crippen molar-refractivity contribution in [3.63, 3.8) is 0 Å². The van der Waals surface area contributed by atoms with Gasteiger partial charge >= 0.3 is 0 Å². The molecule has 4 rings (SSSR count). The molecule has 0 aliphatic rings. The van der Waals surface area contributed by atoms with Crippen LogP contribution in [0.3, 0.4) is 0 Å². The number of halogens is 3. The molecule has 0 saturated carbocycles. The molecule has 0 atom stereocenters. The van der Waals surface area contributed by atoms with E-state index in [2.05, 4.69) is 16.0 Å². The van der Waals surface area contributed by atoms with Crippen molar-refractivity contribution in [1.82, 2.24) is 5.32 Å². The van der Waals surface area contributed by atoms with Crippen LogP contribution in [0.25, 0.3) is 6.08 Å². The smallest absolute Gasteiger partial charge is 0.272 e. The Hall–Kier alpha value is -4.11. The van der Waals surface area contributed by atoms with E-state index in [0.717, 1.165) is 4.90 Å². The van der Waals surface area contributed by atoms with Crippen molar-refractivity contribution in [3.8, 4) is 0 Å². The highest BCUT2D eigenvalue weighted by Gasteiger charge is 2.16.